The first kappa shape index (κ1) is 4.71. The molecule has 0 spiro atoms. The van der Waals surface area contributed by atoms with Crippen LogP contribution in [-0.2, 0) is 0 Å². The van der Waals surface area contributed by atoms with Gasteiger partial charge in [0.05, 0.1) is 0 Å². The predicted molar refractivity (Wildman–Crippen MR) is 28.4 cm³/mol. The van der Waals surface area contributed by atoms with E-state index in [-0.39, 0.29) is 20.4 Å². The minimum atomic E-state index is -0.0212. The Balaban J connectivity index is 3.05. The predicted octanol–water partition coefficient (Wildman–Crippen LogP) is 1.40. The molecule has 32 valence electrons. The average molecular weight is 214 g/mol. The van der Waals surface area contributed by atoms with E-state index in [1.54, 1.807) is 0 Å². The number of hydrogen-bond acceptors (Lipinski definition) is 0. The van der Waals surface area contributed by atoms with Crippen molar-refractivity contribution in [3.8, 4) is 0 Å². The molecule has 6 heavy (non-hydrogen) atoms. The Hall–Kier alpha value is 0.560. The number of rotatable bonds is 0. The summed E-state index contributed by atoms with van der Waals surface area (Å²) in [6.07, 6.45) is 0. The first-order valence-corrected chi connectivity index (χ1v) is 4.47. The van der Waals surface area contributed by atoms with E-state index in [2.05, 4.69) is 4.08 Å². The fourth-order valence-electron chi connectivity index (χ4n) is 0.259. The molecule has 0 aliphatic heterocycles. The SMILES string of the molecule is Clc1ccc[te]1. The molecule has 0 unspecified atom stereocenters. The second-order valence-electron chi connectivity index (χ2n) is 0.917. The Morgan fingerprint density at radius 1 is 1.67 bits per heavy atom. The van der Waals surface area contributed by atoms with E-state index in [1.807, 2.05) is 12.1 Å². The summed E-state index contributed by atoms with van der Waals surface area (Å²) >= 11 is 5.55. The van der Waals surface area contributed by atoms with Crippen LogP contribution < -0.4 is 0 Å². The second-order valence-corrected chi connectivity index (χ2v) is 4.73. The zero-order valence-corrected chi connectivity index (χ0v) is 6.10. The van der Waals surface area contributed by atoms with Crippen LogP contribution in [0.1, 0.15) is 0 Å². The van der Waals surface area contributed by atoms with E-state index in [1.165, 1.54) is 0 Å². The van der Waals surface area contributed by atoms with Crippen molar-refractivity contribution in [2.45, 2.75) is 0 Å². The summed E-state index contributed by atoms with van der Waals surface area (Å²) in [5.41, 5.74) is 0. The molecule has 0 aliphatic rings. The third-order valence-corrected chi connectivity index (χ3v) is 3.08. The molecule has 0 fully saturated rings. The van der Waals surface area contributed by atoms with Gasteiger partial charge in [-0.25, -0.2) is 0 Å². The molecule has 1 rings (SSSR count). The summed E-state index contributed by atoms with van der Waals surface area (Å²) in [5, 5.41) is 0. The summed E-state index contributed by atoms with van der Waals surface area (Å²) in [6, 6.07) is 3.98. The van der Waals surface area contributed by atoms with Gasteiger partial charge in [-0.05, 0) is 0 Å². The van der Waals surface area contributed by atoms with Crippen LogP contribution in [0.4, 0.5) is 0 Å². The molecule has 0 aliphatic carbocycles. The van der Waals surface area contributed by atoms with Gasteiger partial charge in [-0.2, -0.15) is 0 Å². The normalized spacial score (nSPS) is 8.83. The summed E-state index contributed by atoms with van der Waals surface area (Å²) in [7, 11) is 0. The third kappa shape index (κ3) is 1.01. The monoisotopic (exact) mass is 216 g/mol. The molecule has 0 saturated carbocycles. The van der Waals surface area contributed by atoms with Crippen LogP contribution in [0.25, 0.3) is 0 Å². The van der Waals surface area contributed by atoms with Crippen molar-refractivity contribution in [1.29, 1.82) is 0 Å². The van der Waals surface area contributed by atoms with Crippen LogP contribution in [0.15, 0.2) is 16.2 Å². The van der Waals surface area contributed by atoms with Gasteiger partial charge in [0.2, 0.25) is 0 Å². The zero-order chi connectivity index (χ0) is 4.41. The van der Waals surface area contributed by atoms with E-state index in [0.717, 1.165) is 3.04 Å². The third-order valence-electron chi connectivity index (χ3n) is 0.486. The van der Waals surface area contributed by atoms with E-state index in [9.17, 15) is 0 Å². The quantitative estimate of drug-likeness (QED) is 0.572. The Morgan fingerprint density at radius 3 is 2.67 bits per heavy atom. The Bertz CT molecular complexity index is 111. The van der Waals surface area contributed by atoms with Crippen molar-refractivity contribution in [2.24, 2.45) is 0 Å². The Labute approximate surface area is 51.4 Å². The van der Waals surface area contributed by atoms with Crippen LogP contribution in [0.5, 0.6) is 0 Å². The van der Waals surface area contributed by atoms with Crippen molar-refractivity contribution >= 4 is 32.0 Å². The van der Waals surface area contributed by atoms with Gasteiger partial charge in [0.1, 0.15) is 0 Å². The molecule has 0 bridgehead atoms. The van der Waals surface area contributed by atoms with Gasteiger partial charge >= 0.3 is 51.3 Å². The van der Waals surface area contributed by atoms with Crippen LogP contribution in [0.2, 0.25) is 3.04 Å². The van der Waals surface area contributed by atoms with Gasteiger partial charge in [0, 0.05) is 0 Å². The van der Waals surface area contributed by atoms with Gasteiger partial charge in [0.15, 0.2) is 0 Å². The summed E-state index contributed by atoms with van der Waals surface area (Å²) in [4.78, 5) is 0. The molecule has 0 radical (unpaired) electrons. The molecule has 0 atom stereocenters. The van der Waals surface area contributed by atoms with Crippen LogP contribution in [0.3, 0.4) is 0 Å². The molecule has 0 aromatic carbocycles. The first-order chi connectivity index (χ1) is 2.89. The summed E-state index contributed by atoms with van der Waals surface area (Å²) < 4.78 is 3.23. The van der Waals surface area contributed by atoms with Gasteiger partial charge in [-0.15, -0.1) is 0 Å². The second kappa shape index (κ2) is 2.02. The summed E-state index contributed by atoms with van der Waals surface area (Å²) in [5.74, 6) is 0. The minimum absolute atomic E-state index is 0.0212. The van der Waals surface area contributed by atoms with Gasteiger partial charge in [0.25, 0.3) is 0 Å². The van der Waals surface area contributed by atoms with Gasteiger partial charge in [-0.3, -0.25) is 0 Å². The maximum absolute atomic E-state index is 5.57. The van der Waals surface area contributed by atoms with E-state index >= 15 is 0 Å². The fourth-order valence-corrected chi connectivity index (χ4v) is 1.94. The topological polar surface area (TPSA) is 0 Å². The molecule has 0 saturated heterocycles. The molecule has 0 N–H and O–H groups in total. The first-order valence-electron chi connectivity index (χ1n) is 1.58. The molecular formula is C4H3ClTe. The average Bonchev–Trinajstić information content (AvgIpc) is 1.86. The van der Waals surface area contributed by atoms with Gasteiger partial charge < -0.3 is 0 Å². The van der Waals surface area contributed by atoms with E-state index in [0.29, 0.717) is 0 Å². The van der Waals surface area contributed by atoms with Crippen molar-refractivity contribution in [1.82, 2.24) is 0 Å². The molecule has 0 amide bonds. The van der Waals surface area contributed by atoms with Crippen molar-refractivity contribution in [2.75, 3.05) is 0 Å². The van der Waals surface area contributed by atoms with Crippen LogP contribution in [-0.4, -0.2) is 20.4 Å². The number of hydrogen-bond donors (Lipinski definition) is 0. The van der Waals surface area contributed by atoms with E-state index in [4.69, 9.17) is 11.6 Å². The Morgan fingerprint density at radius 2 is 2.50 bits per heavy atom. The summed E-state index contributed by atoms with van der Waals surface area (Å²) in [6.45, 7) is 0. The van der Waals surface area contributed by atoms with Crippen molar-refractivity contribution in [3.05, 3.63) is 19.3 Å². The van der Waals surface area contributed by atoms with Crippen LogP contribution >= 0.6 is 11.6 Å². The standard InChI is InChI=1S/C4H3ClTe/c5-4-2-1-3-6-4/h1-3H. The zero-order valence-electron chi connectivity index (χ0n) is 3.02. The Kier molecular flexibility index (Phi) is 1.59. The maximum atomic E-state index is 5.57. The van der Waals surface area contributed by atoms with Crippen molar-refractivity contribution < 1.29 is 0 Å². The number of halogens is 1. The van der Waals surface area contributed by atoms with Crippen molar-refractivity contribution in [3.63, 3.8) is 0 Å². The molecule has 1 heterocycles. The van der Waals surface area contributed by atoms with Gasteiger partial charge in [-0.1, -0.05) is 0 Å². The van der Waals surface area contributed by atoms with E-state index < -0.39 is 0 Å². The molecule has 1 aromatic rings. The molecule has 0 nitrogen and oxygen atoms in total. The fraction of sp³-hybridized carbons (Fsp3) is 0. The molecule has 1 aromatic heterocycles. The molecular weight excluding hydrogens is 211 g/mol. The molecule has 2 heteroatoms. The van der Waals surface area contributed by atoms with Crippen LogP contribution in [0, 0.1) is 0 Å².